The van der Waals surface area contributed by atoms with Gasteiger partial charge in [-0.2, -0.15) is 0 Å². The van der Waals surface area contributed by atoms with Crippen LogP contribution in [0, 0.1) is 0 Å². The normalized spacial score (nSPS) is 15.9. The number of nitrogens with two attached hydrogens (primary N) is 1. The number of benzene rings is 1. The lowest BCUT2D eigenvalue weighted by atomic mass is 10.3. The van der Waals surface area contributed by atoms with Gasteiger partial charge in [0.25, 0.3) is 0 Å². The summed E-state index contributed by atoms with van der Waals surface area (Å²) in [5, 5.41) is 9.47. The monoisotopic (exact) mass is 163 g/mol. The van der Waals surface area contributed by atoms with Gasteiger partial charge in [0.05, 0.1) is 6.10 Å². The Bertz CT molecular complexity index is 208. The van der Waals surface area contributed by atoms with Gasteiger partial charge in [0, 0.05) is 6.04 Å². The lowest BCUT2D eigenvalue weighted by Crippen LogP contribution is -2.24. The molecule has 0 saturated carbocycles. The number of rotatable bonds is 2. The zero-order chi connectivity index (χ0) is 8.27. The van der Waals surface area contributed by atoms with Crippen molar-refractivity contribution in [3.05, 3.63) is 35.9 Å². The van der Waals surface area contributed by atoms with Gasteiger partial charge in [0.2, 0.25) is 0 Å². The first kappa shape index (κ1) is 8.24. The first-order chi connectivity index (χ1) is 5.22. The Morgan fingerprint density at radius 3 is 2.27 bits per heavy atom. The molecule has 0 fully saturated rings. The quantitative estimate of drug-likeness (QED) is 0.685. The number of aliphatic hydroxyl groups is 1. The molecule has 2 heteroatoms. The zero-order valence-corrected chi connectivity index (χ0v) is 6.57. The van der Waals surface area contributed by atoms with E-state index >= 15 is 0 Å². The molecule has 0 aliphatic rings. The van der Waals surface area contributed by atoms with Crippen molar-refractivity contribution in [1.29, 1.82) is 0 Å². The van der Waals surface area contributed by atoms with Crippen LogP contribution in [0.5, 0.6) is 0 Å². The van der Waals surface area contributed by atoms with Crippen molar-refractivity contribution in [3.8, 4) is 0 Å². The highest BCUT2D eigenvalue weighted by atomic mass is 16.3. The van der Waals surface area contributed by atoms with Crippen molar-refractivity contribution in [2.45, 2.75) is 19.1 Å². The minimum Gasteiger partial charge on any atom is -0.387 e. The molecule has 0 aromatic heterocycles. The molecule has 1 aromatic carbocycles. The largest absolute Gasteiger partial charge is 0.387 e. The standard InChI is InChI=1S/C9H13NO/c1-7(10)9(11)8-5-3-2-4-6-8/h2-7,9,11H,10H2,1H3/t7-,9?/m0/s1/i2+2,3+2,4+2,5+2,6+2,8+2. The van der Waals surface area contributed by atoms with E-state index < -0.39 is 6.10 Å². The second-order valence-corrected chi connectivity index (χ2v) is 2.71. The van der Waals surface area contributed by atoms with Crippen LogP contribution in [0.4, 0.5) is 0 Å². The van der Waals surface area contributed by atoms with E-state index in [1.165, 1.54) is 0 Å². The van der Waals surface area contributed by atoms with Crippen LogP contribution < -0.4 is 5.73 Å². The lowest BCUT2D eigenvalue weighted by molar-refractivity contribution is 0.153. The molecule has 60 valence electrons. The Morgan fingerprint density at radius 1 is 1.27 bits per heavy atom. The van der Waals surface area contributed by atoms with Crippen molar-refractivity contribution < 1.29 is 5.11 Å². The fraction of sp³-hybridized carbons (Fsp3) is 0.333. The minimum atomic E-state index is -0.545. The first-order valence-electron chi connectivity index (χ1n) is 3.70. The molecule has 0 aliphatic heterocycles. The van der Waals surface area contributed by atoms with Crippen molar-refractivity contribution in [3.63, 3.8) is 0 Å². The lowest BCUT2D eigenvalue weighted by Gasteiger charge is -2.13. The summed E-state index contributed by atoms with van der Waals surface area (Å²) in [6, 6.07) is 9.22. The van der Waals surface area contributed by atoms with Crippen LogP contribution in [-0.2, 0) is 0 Å². The zero-order valence-electron chi connectivity index (χ0n) is 6.57. The van der Waals surface area contributed by atoms with E-state index in [1.54, 1.807) is 6.92 Å². The molecule has 0 saturated heterocycles. The fourth-order valence-corrected chi connectivity index (χ4v) is 0.954. The maximum absolute atomic E-state index is 9.47. The summed E-state index contributed by atoms with van der Waals surface area (Å²) in [7, 11) is 0. The summed E-state index contributed by atoms with van der Waals surface area (Å²) in [4.78, 5) is 0. The highest BCUT2D eigenvalue weighted by Crippen LogP contribution is 2.13. The molecular formula is C9H13NO. The molecular weight excluding hydrogens is 150 g/mol. The van der Waals surface area contributed by atoms with Crippen LogP contribution in [0.3, 0.4) is 0 Å². The van der Waals surface area contributed by atoms with Crippen molar-refractivity contribution in [1.82, 2.24) is 0 Å². The van der Waals surface area contributed by atoms with Crippen LogP contribution in [0.15, 0.2) is 30.3 Å². The Kier molecular flexibility index (Phi) is 2.63. The SMILES string of the molecule is C[C@H](N)C(O)[14c]1[14cH][14cH][14cH][14cH][14cH]1. The molecule has 1 unspecified atom stereocenters. The van der Waals surface area contributed by atoms with Gasteiger partial charge in [-0.15, -0.1) is 0 Å². The number of hydrogen-bond acceptors (Lipinski definition) is 2. The molecule has 0 radical (unpaired) electrons. The molecule has 0 bridgehead atoms. The third-order valence-corrected chi connectivity index (χ3v) is 1.64. The predicted octanol–water partition coefficient (Wildman–Crippen LogP) is 1.07. The summed E-state index contributed by atoms with van der Waals surface area (Å²) < 4.78 is 0. The summed E-state index contributed by atoms with van der Waals surface area (Å²) in [6.45, 7) is 1.79. The van der Waals surface area contributed by atoms with E-state index in [2.05, 4.69) is 0 Å². The van der Waals surface area contributed by atoms with Gasteiger partial charge in [0.15, 0.2) is 0 Å². The highest BCUT2D eigenvalue weighted by Gasteiger charge is 2.10. The maximum Gasteiger partial charge on any atom is 0.0938 e. The van der Waals surface area contributed by atoms with E-state index in [0.29, 0.717) is 0 Å². The Morgan fingerprint density at radius 2 is 1.82 bits per heavy atom. The molecule has 0 spiro atoms. The van der Waals surface area contributed by atoms with Gasteiger partial charge in [-0.25, -0.2) is 0 Å². The van der Waals surface area contributed by atoms with Gasteiger partial charge in [-0.3, -0.25) is 0 Å². The van der Waals surface area contributed by atoms with Gasteiger partial charge in [0.1, 0.15) is 0 Å². The number of aliphatic hydroxyl groups excluding tert-OH is 1. The average Bonchev–Trinajstić information content (AvgIpc) is 2.05. The van der Waals surface area contributed by atoms with Crippen LogP contribution >= 0.6 is 0 Å². The molecule has 2 atom stereocenters. The van der Waals surface area contributed by atoms with Crippen molar-refractivity contribution in [2.24, 2.45) is 5.73 Å². The molecule has 2 nitrogen and oxygen atoms in total. The van der Waals surface area contributed by atoms with E-state index in [-0.39, 0.29) is 6.04 Å². The molecule has 11 heavy (non-hydrogen) atoms. The van der Waals surface area contributed by atoms with Gasteiger partial charge in [-0.05, 0) is 12.5 Å². The van der Waals surface area contributed by atoms with Crippen molar-refractivity contribution in [2.75, 3.05) is 0 Å². The minimum absolute atomic E-state index is 0.211. The highest BCUT2D eigenvalue weighted by molar-refractivity contribution is 5.18. The van der Waals surface area contributed by atoms with E-state index in [0.717, 1.165) is 5.56 Å². The fourth-order valence-electron chi connectivity index (χ4n) is 0.954. The number of hydrogen-bond donors (Lipinski definition) is 2. The summed E-state index contributed by atoms with van der Waals surface area (Å²) in [5.74, 6) is 0. The van der Waals surface area contributed by atoms with Crippen LogP contribution in [-0.4, -0.2) is 11.1 Å². The van der Waals surface area contributed by atoms with Crippen LogP contribution in [0.2, 0.25) is 0 Å². The van der Waals surface area contributed by atoms with Crippen LogP contribution in [0.1, 0.15) is 18.6 Å². The Balaban J connectivity index is 2.77. The maximum atomic E-state index is 9.47. The summed E-state index contributed by atoms with van der Waals surface area (Å²) >= 11 is 0. The van der Waals surface area contributed by atoms with Gasteiger partial charge < -0.3 is 10.8 Å². The second-order valence-electron chi connectivity index (χ2n) is 2.71. The first-order valence-corrected chi connectivity index (χ1v) is 3.70. The summed E-state index contributed by atoms with van der Waals surface area (Å²) in [6.07, 6.45) is -0.545. The second kappa shape index (κ2) is 3.51. The van der Waals surface area contributed by atoms with Gasteiger partial charge >= 0.3 is 0 Å². The Hall–Kier alpha value is -0.860. The Labute approximate surface area is 66.7 Å². The topological polar surface area (TPSA) is 46.2 Å². The third-order valence-electron chi connectivity index (χ3n) is 1.64. The molecule has 1 rings (SSSR count). The van der Waals surface area contributed by atoms with E-state index in [1.807, 2.05) is 30.3 Å². The van der Waals surface area contributed by atoms with Gasteiger partial charge in [-0.1, -0.05) is 30.3 Å². The molecule has 0 amide bonds. The predicted molar refractivity (Wildman–Crippen MR) is 45.1 cm³/mol. The van der Waals surface area contributed by atoms with Crippen LogP contribution in [0.25, 0.3) is 0 Å². The average molecular weight is 163 g/mol. The van der Waals surface area contributed by atoms with Crippen molar-refractivity contribution >= 4 is 0 Å². The molecule has 0 aliphatic carbocycles. The summed E-state index contributed by atoms with van der Waals surface area (Å²) in [5.41, 5.74) is 6.40. The van der Waals surface area contributed by atoms with E-state index in [4.69, 9.17) is 5.73 Å². The van der Waals surface area contributed by atoms with E-state index in [9.17, 15) is 5.11 Å². The molecule has 3 N–H and O–H groups in total. The smallest absolute Gasteiger partial charge is 0.0938 e. The molecule has 0 heterocycles. The molecule has 1 aromatic rings. The third kappa shape index (κ3) is 2.03.